The van der Waals surface area contributed by atoms with Crippen LogP contribution in [-0.4, -0.2) is 43.4 Å². The van der Waals surface area contributed by atoms with Gasteiger partial charge in [0.25, 0.3) is 0 Å². The summed E-state index contributed by atoms with van der Waals surface area (Å²) < 4.78 is 30.0. The maximum absolute atomic E-state index is 14.1. The van der Waals surface area contributed by atoms with Gasteiger partial charge in [-0.05, 0) is 25.3 Å². The van der Waals surface area contributed by atoms with Gasteiger partial charge in [0.1, 0.15) is 11.6 Å². The normalized spacial score (nSPS) is 18.9. The Labute approximate surface area is 196 Å². The quantitative estimate of drug-likeness (QED) is 0.584. The van der Waals surface area contributed by atoms with E-state index in [2.05, 4.69) is 31.2 Å². The molecule has 10 heteroatoms. The number of pyridine rings is 1. The summed E-state index contributed by atoms with van der Waals surface area (Å²) in [6.45, 7) is 7.98. The van der Waals surface area contributed by atoms with Crippen molar-refractivity contribution >= 4 is 22.6 Å². The fourth-order valence-corrected chi connectivity index (χ4v) is 4.26. The Morgan fingerprint density at radius 2 is 2.12 bits per heavy atom. The second kappa shape index (κ2) is 8.72. The van der Waals surface area contributed by atoms with E-state index in [1.807, 2.05) is 20.0 Å². The average Bonchev–Trinajstić information content (AvgIpc) is 3.33. The van der Waals surface area contributed by atoms with Crippen molar-refractivity contribution in [2.75, 3.05) is 18.4 Å². The first-order valence-corrected chi connectivity index (χ1v) is 11.2. The molecule has 1 atom stereocenters. The van der Waals surface area contributed by atoms with Gasteiger partial charge in [-0.15, -0.1) is 0 Å². The maximum Gasteiger partial charge on any atom is 0.303 e. The number of aryl methyl sites for hydroxylation is 1. The van der Waals surface area contributed by atoms with Crippen LogP contribution in [0.1, 0.15) is 51.2 Å². The second-order valence-corrected chi connectivity index (χ2v) is 9.21. The Bertz CT molecular complexity index is 1290. The van der Waals surface area contributed by atoms with E-state index < -0.39 is 11.7 Å². The molecule has 1 aliphatic heterocycles. The predicted octanol–water partition coefficient (Wildman–Crippen LogP) is 4.18. The van der Waals surface area contributed by atoms with Crippen LogP contribution in [0.15, 0.2) is 24.5 Å². The van der Waals surface area contributed by atoms with Crippen molar-refractivity contribution in [1.82, 2.24) is 24.4 Å². The summed E-state index contributed by atoms with van der Waals surface area (Å²) in [4.78, 5) is 26.3. The lowest BCUT2D eigenvalue weighted by atomic mass is 9.92. The number of nitrogens with one attached hydrogen (secondary N) is 1. The Morgan fingerprint density at radius 3 is 2.74 bits per heavy atom. The van der Waals surface area contributed by atoms with E-state index in [-0.39, 0.29) is 11.3 Å². The van der Waals surface area contributed by atoms with E-state index in [9.17, 15) is 18.8 Å². The number of nitriles is 1. The van der Waals surface area contributed by atoms with E-state index >= 15 is 0 Å². The van der Waals surface area contributed by atoms with Gasteiger partial charge in [-0.2, -0.15) is 14.0 Å². The van der Waals surface area contributed by atoms with Crippen LogP contribution in [0, 0.1) is 16.7 Å². The van der Waals surface area contributed by atoms with Crippen molar-refractivity contribution < 1.29 is 13.6 Å². The number of carbonyl (C=O) groups excluding carboxylic acids is 1. The molecule has 1 N–H and O–H groups in total. The van der Waals surface area contributed by atoms with Crippen LogP contribution in [0.3, 0.4) is 0 Å². The number of nitrogens with zero attached hydrogens (tertiary/aromatic N) is 6. The first kappa shape index (κ1) is 23.7. The first-order valence-electron chi connectivity index (χ1n) is 11.2. The lowest BCUT2D eigenvalue weighted by Gasteiger charge is -2.17. The highest BCUT2D eigenvalue weighted by atomic mass is 19.3. The fourth-order valence-electron chi connectivity index (χ4n) is 4.26. The summed E-state index contributed by atoms with van der Waals surface area (Å²) in [5.74, 6) is -3.31. The third-order valence-electron chi connectivity index (χ3n) is 6.06. The van der Waals surface area contributed by atoms with Crippen LogP contribution >= 0.6 is 0 Å². The van der Waals surface area contributed by atoms with Crippen molar-refractivity contribution in [3.05, 3.63) is 41.6 Å². The molecule has 1 aliphatic rings. The monoisotopic (exact) mass is 467 g/mol. The Morgan fingerprint density at radius 1 is 1.35 bits per heavy atom. The number of halogens is 2. The van der Waals surface area contributed by atoms with Crippen molar-refractivity contribution in [2.45, 2.75) is 53.0 Å². The number of amides is 1. The molecule has 0 saturated carbocycles. The number of anilines is 1. The number of hydrogen-bond acceptors (Lipinski definition) is 6. The molecular weight excluding hydrogens is 440 g/mol. The van der Waals surface area contributed by atoms with Gasteiger partial charge in [-0.25, -0.2) is 15.0 Å². The third kappa shape index (κ3) is 4.75. The summed E-state index contributed by atoms with van der Waals surface area (Å²) in [6.07, 6.45) is 4.80. The molecule has 1 amide bonds. The highest BCUT2D eigenvalue weighted by Crippen LogP contribution is 2.33. The number of rotatable bonds is 6. The Kier molecular flexibility index (Phi) is 6.08. The van der Waals surface area contributed by atoms with Gasteiger partial charge in [0.05, 0.1) is 17.0 Å². The second-order valence-electron chi connectivity index (χ2n) is 9.21. The van der Waals surface area contributed by atoms with Gasteiger partial charge < -0.3 is 9.88 Å². The van der Waals surface area contributed by atoms with Gasteiger partial charge in [-0.3, -0.25) is 9.69 Å². The van der Waals surface area contributed by atoms with Gasteiger partial charge in [-0.1, -0.05) is 6.92 Å². The SMILES string of the molecule is CCc1cc(-n2cc(CN3CCC(C)(C#N)C3)c3cnc(NC(C)=O)cc32)nc(C(C)(F)F)n1. The molecular formula is C24H27F2N7O. The number of fused-ring (bicyclic) bond motifs is 1. The van der Waals surface area contributed by atoms with Crippen LogP contribution in [0.4, 0.5) is 14.6 Å². The van der Waals surface area contributed by atoms with Gasteiger partial charge >= 0.3 is 5.92 Å². The largest absolute Gasteiger partial charge is 0.311 e. The number of alkyl halides is 2. The Balaban J connectivity index is 1.84. The number of carbonyl (C=O) groups is 1. The fraction of sp³-hybridized carbons (Fsp3) is 0.458. The molecule has 0 aliphatic carbocycles. The molecule has 1 saturated heterocycles. The maximum atomic E-state index is 14.1. The molecule has 4 heterocycles. The molecule has 0 spiro atoms. The minimum Gasteiger partial charge on any atom is -0.311 e. The van der Waals surface area contributed by atoms with E-state index in [0.29, 0.717) is 42.4 Å². The van der Waals surface area contributed by atoms with Crippen LogP contribution in [-0.2, 0) is 23.7 Å². The highest BCUT2D eigenvalue weighted by Gasteiger charge is 2.34. The minimum atomic E-state index is -3.19. The molecule has 3 aromatic heterocycles. The van der Waals surface area contributed by atoms with Crippen LogP contribution in [0.5, 0.6) is 0 Å². The summed E-state index contributed by atoms with van der Waals surface area (Å²) in [5.41, 5.74) is 1.73. The average molecular weight is 468 g/mol. The lowest BCUT2D eigenvalue weighted by molar-refractivity contribution is -0.114. The van der Waals surface area contributed by atoms with Gasteiger partial charge in [0.15, 0.2) is 0 Å². The highest BCUT2D eigenvalue weighted by molar-refractivity contribution is 5.92. The molecule has 0 aromatic carbocycles. The number of aromatic nitrogens is 4. The topological polar surface area (TPSA) is 99.7 Å². The van der Waals surface area contributed by atoms with Crippen LogP contribution < -0.4 is 5.32 Å². The van der Waals surface area contributed by atoms with E-state index in [1.54, 1.807) is 22.9 Å². The zero-order chi connectivity index (χ0) is 24.7. The lowest BCUT2D eigenvalue weighted by Crippen LogP contribution is -2.23. The molecule has 1 unspecified atom stereocenters. The van der Waals surface area contributed by atoms with E-state index in [0.717, 1.165) is 30.8 Å². The minimum absolute atomic E-state index is 0.263. The van der Waals surface area contributed by atoms with Gasteiger partial charge in [0.2, 0.25) is 11.7 Å². The summed E-state index contributed by atoms with van der Waals surface area (Å²) in [6, 6.07) is 5.80. The molecule has 0 radical (unpaired) electrons. The van der Waals surface area contributed by atoms with E-state index in [1.165, 1.54) is 6.92 Å². The third-order valence-corrected chi connectivity index (χ3v) is 6.06. The molecule has 4 rings (SSSR count). The standard InChI is InChI=1S/C24H27F2N7O/c1-5-17-8-21(31-22(30-17)24(4,25)26)33-12-16(11-32-7-6-23(3,13-27)14-32)18-10-28-20(9-19(18)33)29-15(2)34/h8-10,12H,5-7,11,14H2,1-4H3,(H,28,29,34). The summed E-state index contributed by atoms with van der Waals surface area (Å²) in [5, 5.41) is 13.0. The molecule has 3 aromatic rings. The van der Waals surface area contributed by atoms with Crippen molar-refractivity contribution in [1.29, 1.82) is 5.26 Å². The molecule has 1 fully saturated rings. The van der Waals surface area contributed by atoms with Gasteiger partial charge in [0, 0.05) is 69.1 Å². The molecule has 34 heavy (non-hydrogen) atoms. The first-order chi connectivity index (χ1) is 16.0. The van der Waals surface area contributed by atoms with Crippen molar-refractivity contribution in [2.24, 2.45) is 5.41 Å². The zero-order valence-electron chi connectivity index (χ0n) is 19.7. The van der Waals surface area contributed by atoms with E-state index in [4.69, 9.17) is 0 Å². The number of hydrogen-bond donors (Lipinski definition) is 1. The van der Waals surface area contributed by atoms with Crippen molar-refractivity contribution in [3.8, 4) is 11.9 Å². The van der Waals surface area contributed by atoms with Crippen LogP contribution in [0.25, 0.3) is 16.7 Å². The summed E-state index contributed by atoms with van der Waals surface area (Å²) >= 11 is 0. The zero-order valence-corrected chi connectivity index (χ0v) is 19.7. The molecule has 178 valence electrons. The number of likely N-dealkylation sites (tertiary alicyclic amines) is 1. The van der Waals surface area contributed by atoms with Crippen LogP contribution in [0.2, 0.25) is 0 Å². The smallest absolute Gasteiger partial charge is 0.303 e. The Hall–Kier alpha value is -3.45. The molecule has 0 bridgehead atoms. The predicted molar refractivity (Wildman–Crippen MR) is 124 cm³/mol. The molecule has 8 nitrogen and oxygen atoms in total. The summed E-state index contributed by atoms with van der Waals surface area (Å²) in [7, 11) is 0. The van der Waals surface area contributed by atoms with Crippen molar-refractivity contribution in [3.63, 3.8) is 0 Å².